The zero-order valence-electron chi connectivity index (χ0n) is 24.6. The highest BCUT2D eigenvalue weighted by atomic mass is 31.2. The second-order valence-corrected chi connectivity index (χ2v) is 11.7. The van der Waals surface area contributed by atoms with E-state index in [4.69, 9.17) is 24.3 Å². The topological polar surface area (TPSA) is 204 Å². The highest BCUT2D eigenvalue weighted by molar-refractivity contribution is 7.52. The van der Waals surface area contributed by atoms with Crippen LogP contribution in [0.1, 0.15) is 18.7 Å². The van der Waals surface area contributed by atoms with Crippen molar-refractivity contribution in [3.63, 3.8) is 0 Å². The highest BCUT2D eigenvalue weighted by Gasteiger charge is 2.44. The molecule has 0 radical (unpaired) electrons. The van der Waals surface area contributed by atoms with Gasteiger partial charge in [-0.05, 0) is 30.4 Å². The first kappa shape index (κ1) is 33.7. The third-order valence-electron chi connectivity index (χ3n) is 6.90. The smallest absolute Gasteiger partial charge is 0.459 e. The van der Waals surface area contributed by atoms with Crippen LogP contribution in [0.4, 0.5) is 0 Å². The molecule has 5 atom stereocenters. The number of aromatic nitrogens is 2. The summed E-state index contributed by atoms with van der Waals surface area (Å²) >= 11 is 0. The minimum Gasteiger partial charge on any atom is -0.465 e. The monoisotopic (exact) mass is 642 g/mol. The Balaban J connectivity index is 1.68. The molecule has 1 unspecified atom stereocenters. The van der Waals surface area contributed by atoms with Gasteiger partial charge in [0.2, 0.25) is 0 Å². The Morgan fingerprint density at radius 3 is 2.42 bits per heavy atom. The predicted octanol–water partition coefficient (Wildman–Crippen LogP) is 1.81. The molecule has 0 bridgehead atoms. The van der Waals surface area contributed by atoms with E-state index >= 15 is 0 Å². The maximum atomic E-state index is 14.5. The van der Waals surface area contributed by atoms with E-state index in [-0.39, 0.29) is 18.8 Å². The quantitative estimate of drug-likeness (QED) is 0.0716. The van der Waals surface area contributed by atoms with E-state index in [0.717, 1.165) is 30.3 Å². The van der Waals surface area contributed by atoms with E-state index < -0.39 is 55.7 Å². The van der Waals surface area contributed by atoms with Crippen molar-refractivity contribution in [2.24, 2.45) is 5.73 Å². The van der Waals surface area contributed by atoms with Gasteiger partial charge >= 0.3 is 19.4 Å². The van der Waals surface area contributed by atoms with E-state index in [1.165, 1.54) is 0 Å². The first-order valence-corrected chi connectivity index (χ1v) is 15.4. The standard InChI is InChI=1S/C30H35N4O10P/c1-3-42-28(38)23(18-20-10-5-4-6-11-20)33-45(40,44-24-15-9-13-21-12-7-8-14-22(21)24)43-19-30(31,41-2)26(36)27(37)34-17-16-25(35)32-29(34)39/h4-17,23,26-27,36-37H,3,18-19,31H2,1-2H3,(H,33,40)(H,32,35,39)/t23-,26-,27+,30+,45?/m0/s1. The van der Waals surface area contributed by atoms with Crippen LogP contribution < -0.4 is 26.6 Å². The Labute approximate surface area is 257 Å². The SMILES string of the molecule is CCOC(=O)[C@H](Cc1ccccc1)NP(=O)(OC[C@@](N)(OC)[C@@H](O)[C@@H](O)n1ccc(=O)[nH]c1=O)Oc1cccc2ccccc12. The Hall–Kier alpha value is -4.14. The van der Waals surface area contributed by atoms with Gasteiger partial charge in [0, 0.05) is 24.8 Å². The lowest BCUT2D eigenvalue weighted by Crippen LogP contribution is -2.60. The van der Waals surface area contributed by atoms with Crippen molar-refractivity contribution < 1.29 is 38.1 Å². The molecule has 0 aliphatic rings. The Morgan fingerprint density at radius 1 is 1.04 bits per heavy atom. The summed E-state index contributed by atoms with van der Waals surface area (Å²) in [6.07, 6.45) is -3.10. The van der Waals surface area contributed by atoms with Crippen LogP contribution in [0.5, 0.6) is 5.75 Å². The van der Waals surface area contributed by atoms with Crippen LogP contribution in [0.2, 0.25) is 0 Å². The van der Waals surface area contributed by atoms with Crippen molar-refractivity contribution >= 4 is 24.5 Å². The van der Waals surface area contributed by atoms with Gasteiger partial charge in [-0.3, -0.25) is 29.4 Å². The number of hydrogen-bond acceptors (Lipinski definition) is 11. The zero-order chi connectivity index (χ0) is 32.6. The molecule has 3 aromatic carbocycles. The maximum absolute atomic E-state index is 14.5. The number of carbonyl (C=O) groups excluding carboxylic acids is 1. The summed E-state index contributed by atoms with van der Waals surface area (Å²) in [5.74, 6) is -0.586. The number of carbonyl (C=O) groups is 1. The number of nitrogens with zero attached hydrogens (tertiary/aromatic N) is 1. The van der Waals surface area contributed by atoms with Gasteiger partial charge < -0.3 is 24.2 Å². The summed E-state index contributed by atoms with van der Waals surface area (Å²) in [6.45, 7) is 0.794. The summed E-state index contributed by atoms with van der Waals surface area (Å²) in [5.41, 5.74) is 2.94. The lowest BCUT2D eigenvalue weighted by atomic mass is 10.1. The molecule has 0 saturated heterocycles. The predicted molar refractivity (Wildman–Crippen MR) is 164 cm³/mol. The molecule has 6 N–H and O–H groups in total. The van der Waals surface area contributed by atoms with Crippen molar-refractivity contribution in [1.82, 2.24) is 14.6 Å². The number of benzene rings is 3. The van der Waals surface area contributed by atoms with E-state index in [1.807, 2.05) is 23.2 Å². The Morgan fingerprint density at radius 2 is 1.73 bits per heavy atom. The lowest BCUT2D eigenvalue weighted by molar-refractivity contribution is -0.175. The van der Waals surface area contributed by atoms with E-state index in [9.17, 15) is 29.2 Å². The molecular formula is C30H35N4O10P. The molecule has 45 heavy (non-hydrogen) atoms. The number of nitrogens with two attached hydrogens (primary N) is 1. The number of aromatic amines is 1. The zero-order valence-corrected chi connectivity index (χ0v) is 25.5. The fraction of sp³-hybridized carbons (Fsp3) is 0.300. The first-order valence-electron chi connectivity index (χ1n) is 13.9. The number of aliphatic hydroxyl groups excluding tert-OH is 2. The molecule has 240 valence electrons. The molecule has 0 fully saturated rings. The fourth-order valence-electron chi connectivity index (χ4n) is 4.45. The molecule has 0 aliphatic heterocycles. The number of ether oxygens (including phenoxy) is 2. The van der Waals surface area contributed by atoms with Crippen LogP contribution in [0.15, 0.2) is 94.6 Å². The Kier molecular flexibility index (Phi) is 11.1. The number of rotatable bonds is 15. The lowest BCUT2D eigenvalue weighted by Gasteiger charge is -2.36. The number of nitrogens with one attached hydrogen (secondary N) is 2. The molecule has 4 aromatic rings. The van der Waals surface area contributed by atoms with Gasteiger partial charge in [0.15, 0.2) is 12.0 Å². The summed E-state index contributed by atoms with van der Waals surface area (Å²) in [4.78, 5) is 38.7. The van der Waals surface area contributed by atoms with Gasteiger partial charge in [0.1, 0.15) is 24.5 Å². The third-order valence-corrected chi connectivity index (χ3v) is 8.43. The minimum absolute atomic E-state index is 0.0421. The maximum Gasteiger partial charge on any atom is 0.459 e. The highest BCUT2D eigenvalue weighted by Crippen LogP contribution is 2.47. The minimum atomic E-state index is -4.60. The van der Waals surface area contributed by atoms with Gasteiger partial charge in [-0.25, -0.2) is 9.36 Å². The molecular weight excluding hydrogens is 607 g/mol. The van der Waals surface area contributed by atoms with Crippen molar-refractivity contribution in [2.45, 2.75) is 37.4 Å². The molecule has 1 heterocycles. The summed E-state index contributed by atoms with van der Waals surface area (Å²) in [5, 5.41) is 25.8. The van der Waals surface area contributed by atoms with Gasteiger partial charge in [0.05, 0.1) is 6.61 Å². The third kappa shape index (κ3) is 8.32. The van der Waals surface area contributed by atoms with Crippen LogP contribution >= 0.6 is 7.75 Å². The van der Waals surface area contributed by atoms with Crippen molar-refractivity contribution in [2.75, 3.05) is 20.3 Å². The normalized spacial score (nSPS) is 16.2. The molecule has 4 rings (SSSR count). The molecule has 0 amide bonds. The van der Waals surface area contributed by atoms with Crippen LogP contribution in [-0.4, -0.2) is 63.9 Å². The molecule has 0 saturated carbocycles. The summed E-state index contributed by atoms with van der Waals surface area (Å²) in [7, 11) is -3.51. The molecule has 0 spiro atoms. The Bertz CT molecular complexity index is 1760. The van der Waals surface area contributed by atoms with Crippen molar-refractivity contribution in [1.29, 1.82) is 0 Å². The van der Waals surface area contributed by atoms with E-state index in [1.54, 1.807) is 61.5 Å². The number of H-pyrrole nitrogens is 1. The van der Waals surface area contributed by atoms with Crippen LogP contribution in [0.25, 0.3) is 10.8 Å². The first-order chi connectivity index (χ1) is 21.5. The average molecular weight is 643 g/mol. The van der Waals surface area contributed by atoms with Gasteiger partial charge in [-0.15, -0.1) is 0 Å². The number of aliphatic hydroxyl groups is 2. The molecule has 14 nitrogen and oxygen atoms in total. The van der Waals surface area contributed by atoms with E-state index in [0.29, 0.717) is 9.95 Å². The molecule has 15 heteroatoms. The fourth-order valence-corrected chi connectivity index (χ4v) is 6.00. The van der Waals surface area contributed by atoms with Crippen LogP contribution in [0, 0.1) is 0 Å². The van der Waals surface area contributed by atoms with E-state index in [2.05, 4.69) is 5.09 Å². The summed E-state index contributed by atoms with van der Waals surface area (Å²) in [6, 6.07) is 20.9. The number of esters is 1. The van der Waals surface area contributed by atoms with Gasteiger partial charge in [-0.1, -0.05) is 66.7 Å². The van der Waals surface area contributed by atoms with Crippen LogP contribution in [0.3, 0.4) is 0 Å². The van der Waals surface area contributed by atoms with Crippen LogP contribution in [-0.2, 0) is 29.8 Å². The number of methoxy groups -OCH3 is 1. The summed E-state index contributed by atoms with van der Waals surface area (Å²) < 4.78 is 37.4. The average Bonchev–Trinajstić information content (AvgIpc) is 3.03. The molecule has 1 aromatic heterocycles. The second-order valence-electron chi connectivity index (χ2n) is 10.00. The van der Waals surface area contributed by atoms with Gasteiger partial charge in [0.25, 0.3) is 5.56 Å². The largest absolute Gasteiger partial charge is 0.465 e. The van der Waals surface area contributed by atoms with Crippen molar-refractivity contribution in [3.8, 4) is 5.75 Å². The number of fused-ring (bicyclic) bond motifs is 1. The number of hydrogen-bond donors (Lipinski definition) is 5. The second kappa shape index (κ2) is 14.8. The molecule has 0 aliphatic carbocycles. The van der Waals surface area contributed by atoms with Crippen molar-refractivity contribution in [3.05, 3.63) is 111 Å². The van der Waals surface area contributed by atoms with Gasteiger partial charge in [-0.2, -0.15) is 5.09 Å².